The molecule has 3 rings (SSSR count). The van der Waals surface area contributed by atoms with Gasteiger partial charge in [-0.1, -0.05) is 0 Å². The molecule has 3 aromatic rings. The predicted octanol–water partition coefficient (Wildman–Crippen LogP) is 1.62. The van der Waals surface area contributed by atoms with Crippen molar-refractivity contribution in [3.8, 4) is 0 Å². The Morgan fingerprint density at radius 2 is 1.95 bits per heavy atom. The number of aromatic nitrogens is 2. The van der Waals surface area contributed by atoms with E-state index in [0.29, 0.717) is 5.69 Å². The number of nitrogen functional groups attached to an aromatic ring is 1. The second kappa shape index (κ2) is 5.19. The summed E-state index contributed by atoms with van der Waals surface area (Å²) < 4.78 is 27.0. The number of nitrogens with one attached hydrogen (secondary N) is 2. The Morgan fingerprint density at radius 1 is 1.19 bits per heavy atom. The van der Waals surface area contributed by atoms with Crippen molar-refractivity contribution in [3.63, 3.8) is 0 Å². The molecule has 108 valence electrons. The molecule has 2 heterocycles. The maximum Gasteiger partial charge on any atom is 0.240 e. The minimum Gasteiger partial charge on any atom is -0.399 e. The molecule has 0 aliphatic carbocycles. The lowest BCUT2D eigenvalue weighted by molar-refractivity contribution is 0.581. The van der Waals surface area contributed by atoms with Gasteiger partial charge in [0.05, 0.1) is 4.90 Å². The molecule has 1 aromatic carbocycles. The van der Waals surface area contributed by atoms with Crippen molar-refractivity contribution >= 4 is 26.7 Å². The van der Waals surface area contributed by atoms with Gasteiger partial charge in [0.25, 0.3) is 0 Å². The first-order chi connectivity index (χ1) is 10.1. The van der Waals surface area contributed by atoms with Crippen molar-refractivity contribution in [2.24, 2.45) is 0 Å². The summed E-state index contributed by atoms with van der Waals surface area (Å²) in [5.41, 5.74) is 7.66. The highest BCUT2D eigenvalue weighted by Gasteiger charge is 2.14. The van der Waals surface area contributed by atoms with Crippen LogP contribution >= 0.6 is 0 Å². The van der Waals surface area contributed by atoms with Gasteiger partial charge in [-0.2, -0.15) is 0 Å². The second-order valence-electron chi connectivity index (χ2n) is 4.61. The van der Waals surface area contributed by atoms with Gasteiger partial charge in [-0.15, -0.1) is 0 Å². The van der Waals surface area contributed by atoms with Gasteiger partial charge < -0.3 is 10.7 Å². The molecule has 0 radical (unpaired) electrons. The Kier molecular flexibility index (Phi) is 3.36. The van der Waals surface area contributed by atoms with Gasteiger partial charge in [0.2, 0.25) is 10.0 Å². The summed E-state index contributed by atoms with van der Waals surface area (Å²) in [6.07, 6.45) is 3.43. The van der Waals surface area contributed by atoms with E-state index < -0.39 is 10.0 Å². The van der Waals surface area contributed by atoms with E-state index in [1.807, 2.05) is 12.1 Å². The van der Waals surface area contributed by atoms with E-state index >= 15 is 0 Å². The number of rotatable bonds is 4. The van der Waals surface area contributed by atoms with E-state index in [9.17, 15) is 8.42 Å². The number of nitrogens with zero attached hydrogens (tertiary/aromatic N) is 1. The van der Waals surface area contributed by atoms with Crippen LogP contribution in [0.3, 0.4) is 0 Å². The highest BCUT2D eigenvalue weighted by molar-refractivity contribution is 7.89. The Bertz CT molecular complexity index is 869. The number of pyridine rings is 1. The van der Waals surface area contributed by atoms with Gasteiger partial charge in [0, 0.05) is 30.0 Å². The summed E-state index contributed by atoms with van der Waals surface area (Å²) in [6.45, 7) is 0.193. The van der Waals surface area contributed by atoms with Gasteiger partial charge in [-0.25, -0.2) is 18.1 Å². The van der Waals surface area contributed by atoms with Gasteiger partial charge in [-0.05, 0) is 42.0 Å². The molecule has 4 N–H and O–H groups in total. The lowest BCUT2D eigenvalue weighted by atomic mass is 10.2. The molecule has 6 nitrogen and oxygen atoms in total. The smallest absolute Gasteiger partial charge is 0.240 e. The van der Waals surface area contributed by atoms with Crippen molar-refractivity contribution in [2.45, 2.75) is 11.4 Å². The van der Waals surface area contributed by atoms with E-state index in [1.165, 1.54) is 12.1 Å². The Balaban J connectivity index is 1.82. The molecule has 0 spiro atoms. The van der Waals surface area contributed by atoms with Crippen LogP contribution in [0.1, 0.15) is 5.56 Å². The Labute approximate surface area is 122 Å². The minimum absolute atomic E-state index is 0.190. The van der Waals surface area contributed by atoms with Crippen LogP contribution < -0.4 is 10.5 Å². The maximum atomic E-state index is 12.2. The molecule has 0 fully saturated rings. The van der Waals surface area contributed by atoms with Crippen molar-refractivity contribution in [1.82, 2.24) is 14.7 Å². The Morgan fingerprint density at radius 3 is 2.71 bits per heavy atom. The normalized spacial score (nSPS) is 11.8. The molecule has 0 aliphatic rings. The molecule has 2 aromatic heterocycles. The van der Waals surface area contributed by atoms with Crippen LogP contribution in [0.15, 0.2) is 53.7 Å². The first kappa shape index (κ1) is 13.6. The highest BCUT2D eigenvalue weighted by atomic mass is 32.2. The van der Waals surface area contributed by atoms with Crippen LogP contribution in [0.5, 0.6) is 0 Å². The van der Waals surface area contributed by atoms with Crippen molar-refractivity contribution in [2.75, 3.05) is 5.73 Å². The first-order valence-electron chi connectivity index (χ1n) is 6.32. The Hall–Kier alpha value is -2.38. The zero-order chi connectivity index (χ0) is 14.9. The van der Waals surface area contributed by atoms with Crippen molar-refractivity contribution in [1.29, 1.82) is 0 Å². The summed E-state index contributed by atoms with van der Waals surface area (Å²) in [5.74, 6) is 0. The topological polar surface area (TPSA) is 101 Å². The van der Waals surface area contributed by atoms with Crippen LogP contribution in [0.2, 0.25) is 0 Å². The number of anilines is 1. The van der Waals surface area contributed by atoms with E-state index in [0.717, 1.165) is 16.6 Å². The second-order valence-corrected chi connectivity index (χ2v) is 6.37. The molecule has 0 atom stereocenters. The summed E-state index contributed by atoms with van der Waals surface area (Å²) >= 11 is 0. The number of hydrogen-bond donors (Lipinski definition) is 3. The van der Waals surface area contributed by atoms with E-state index in [2.05, 4.69) is 14.7 Å². The van der Waals surface area contributed by atoms with E-state index in [4.69, 9.17) is 5.73 Å². The number of H-pyrrole nitrogens is 1. The first-order valence-corrected chi connectivity index (χ1v) is 7.81. The predicted molar refractivity (Wildman–Crippen MR) is 81.0 cm³/mol. The number of hydrogen-bond acceptors (Lipinski definition) is 4. The van der Waals surface area contributed by atoms with E-state index in [-0.39, 0.29) is 11.4 Å². The third kappa shape index (κ3) is 2.74. The van der Waals surface area contributed by atoms with Gasteiger partial charge in [0.15, 0.2) is 0 Å². The SMILES string of the molecule is Nc1ccc(S(=O)(=O)NCc2c[nH]c3ncccc23)cc1. The van der Waals surface area contributed by atoms with Gasteiger partial charge in [-0.3, -0.25) is 0 Å². The van der Waals surface area contributed by atoms with Crippen LogP contribution in [0.4, 0.5) is 5.69 Å². The van der Waals surface area contributed by atoms with Crippen LogP contribution in [0.25, 0.3) is 11.0 Å². The van der Waals surface area contributed by atoms with Gasteiger partial charge >= 0.3 is 0 Å². The van der Waals surface area contributed by atoms with Gasteiger partial charge in [0.1, 0.15) is 5.65 Å². The van der Waals surface area contributed by atoms with Crippen molar-refractivity contribution in [3.05, 3.63) is 54.4 Å². The average Bonchev–Trinajstić information content (AvgIpc) is 2.89. The average molecular weight is 302 g/mol. The fraction of sp³-hybridized carbons (Fsp3) is 0.0714. The molecule has 0 unspecified atom stereocenters. The highest BCUT2D eigenvalue weighted by Crippen LogP contribution is 2.17. The summed E-state index contributed by atoms with van der Waals surface area (Å²) in [6, 6.07) is 9.79. The van der Waals surface area contributed by atoms with E-state index in [1.54, 1.807) is 24.5 Å². The molecule has 0 saturated carbocycles. The van der Waals surface area contributed by atoms with Crippen molar-refractivity contribution < 1.29 is 8.42 Å². The third-order valence-electron chi connectivity index (χ3n) is 3.18. The summed E-state index contributed by atoms with van der Waals surface area (Å²) in [5, 5.41) is 0.900. The quantitative estimate of drug-likeness (QED) is 0.637. The number of aromatic amines is 1. The monoisotopic (exact) mass is 302 g/mol. The zero-order valence-corrected chi connectivity index (χ0v) is 11.9. The minimum atomic E-state index is -3.56. The maximum absolute atomic E-state index is 12.2. The molecule has 0 aliphatic heterocycles. The third-order valence-corrected chi connectivity index (χ3v) is 4.60. The lowest BCUT2D eigenvalue weighted by Gasteiger charge is -2.06. The fourth-order valence-electron chi connectivity index (χ4n) is 2.06. The molecule has 0 amide bonds. The molecule has 7 heteroatoms. The number of sulfonamides is 1. The zero-order valence-electron chi connectivity index (χ0n) is 11.1. The molecule has 0 saturated heterocycles. The largest absolute Gasteiger partial charge is 0.399 e. The lowest BCUT2D eigenvalue weighted by Crippen LogP contribution is -2.23. The molecule has 21 heavy (non-hydrogen) atoms. The number of fused-ring (bicyclic) bond motifs is 1. The number of benzene rings is 1. The summed E-state index contributed by atoms with van der Waals surface area (Å²) in [4.78, 5) is 7.37. The van der Waals surface area contributed by atoms with Crippen LogP contribution in [-0.4, -0.2) is 18.4 Å². The standard InChI is InChI=1S/C14H14N4O2S/c15-11-3-5-12(6-4-11)21(19,20)18-9-10-8-17-14-13(10)2-1-7-16-14/h1-8,18H,9,15H2,(H,16,17). The van der Waals surface area contributed by atoms with Crippen LogP contribution in [-0.2, 0) is 16.6 Å². The molecule has 0 bridgehead atoms. The molecular formula is C14H14N4O2S. The fourth-order valence-corrected chi connectivity index (χ4v) is 3.07. The van der Waals surface area contributed by atoms with Crippen LogP contribution in [0, 0.1) is 0 Å². The summed E-state index contributed by atoms with van der Waals surface area (Å²) in [7, 11) is -3.56. The number of nitrogens with two attached hydrogens (primary N) is 1. The molecular weight excluding hydrogens is 288 g/mol.